The Morgan fingerprint density at radius 1 is 1.27 bits per heavy atom. The van der Waals surface area contributed by atoms with Crippen molar-refractivity contribution in [3.63, 3.8) is 0 Å². The third kappa shape index (κ3) is 3.88. The highest BCUT2D eigenvalue weighted by atomic mass is 16.5. The molecule has 2 amide bonds. The van der Waals surface area contributed by atoms with E-state index in [-0.39, 0.29) is 24.9 Å². The molecule has 10 heteroatoms. The number of esters is 1. The molecule has 0 fully saturated rings. The van der Waals surface area contributed by atoms with Gasteiger partial charge in [0.15, 0.2) is 5.82 Å². The minimum absolute atomic E-state index is 0.0738. The van der Waals surface area contributed by atoms with Crippen LogP contribution in [0.15, 0.2) is 48.8 Å². The average Bonchev–Trinajstić information content (AvgIpc) is 3.18. The fourth-order valence-corrected chi connectivity index (χ4v) is 3.01. The third-order valence-electron chi connectivity index (χ3n) is 4.44. The minimum atomic E-state index is -0.864. The largest absolute Gasteiger partial charge is 0.462 e. The molecule has 1 atom stereocenters. The average molecular weight is 406 g/mol. The smallest absolute Gasteiger partial charge is 0.338 e. The first kappa shape index (κ1) is 19.2. The number of nitrogens with zero attached hydrogens (tertiary/aromatic N) is 4. The molecule has 4 rings (SSSR count). The molecule has 0 spiro atoms. The van der Waals surface area contributed by atoms with Crippen LogP contribution in [0.2, 0.25) is 0 Å². The van der Waals surface area contributed by atoms with E-state index in [1.165, 1.54) is 4.68 Å². The number of aromatic nitrogens is 4. The van der Waals surface area contributed by atoms with Gasteiger partial charge in [-0.15, -0.1) is 5.10 Å². The molecule has 0 bridgehead atoms. The molecule has 0 aliphatic carbocycles. The van der Waals surface area contributed by atoms with Gasteiger partial charge in [0.2, 0.25) is 17.8 Å². The van der Waals surface area contributed by atoms with Crippen LogP contribution in [0, 0.1) is 0 Å². The van der Waals surface area contributed by atoms with E-state index in [1.54, 1.807) is 55.7 Å². The Morgan fingerprint density at radius 3 is 2.77 bits per heavy atom. The van der Waals surface area contributed by atoms with Gasteiger partial charge >= 0.3 is 5.97 Å². The minimum Gasteiger partial charge on any atom is -0.462 e. The summed E-state index contributed by atoms with van der Waals surface area (Å²) in [5, 5.41) is 9.76. The van der Waals surface area contributed by atoms with E-state index in [9.17, 15) is 14.4 Å². The molecule has 2 N–H and O–H groups in total. The molecule has 10 nitrogen and oxygen atoms in total. The highest BCUT2D eigenvalue weighted by Gasteiger charge is 2.33. The van der Waals surface area contributed by atoms with Gasteiger partial charge in [0.1, 0.15) is 6.04 Å². The zero-order valence-corrected chi connectivity index (χ0v) is 16.0. The van der Waals surface area contributed by atoms with Gasteiger partial charge in [-0.2, -0.15) is 4.98 Å². The maximum absolute atomic E-state index is 12.9. The van der Waals surface area contributed by atoms with Gasteiger partial charge in [-0.1, -0.05) is 0 Å². The van der Waals surface area contributed by atoms with E-state index < -0.39 is 17.9 Å². The van der Waals surface area contributed by atoms with Crippen LogP contribution in [-0.4, -0.2) is 44.1 Å². The molecule has 1 unspecified atom stereocenters. The molecule has 3 aromatic rings. The van der Waals surface area contributed by atoms with Crippen LogP contribution in [0.1, 0.15) is 29.7 Å². The standard InChI is InChI=1S/C20H18N6O4/c1-2-30-19(29)12-5-7-14(8-6-12)22-18(28)15-10-16(27)23-20-24-17(25-26(15)20)13-4-3-9-21-11-13/h3-9,11,15H,2,10H2,1H3,(H,22,28)(H,23,24,25,27). The zero-order valence-electron chi connectivity index (χ0n) is 16.0. The van der Waals surface area contributed by atoms with E-state index in [1.807, 2.05) is 0 Å². The molecule has 0 saturated carbocycles. The molecular weight excluding hydrogens is 388 g/mol. The SMILES string of the molecule is CCOC(=O)c1ccc(NC(=O)C2CC(=O)Nc3nc(-c4cccnc4)nn32)cc1. The summed E-state index contributed by atoms with van der Waals surface area (Å²) in [7, 11) is 0. The summed E-state index contributed by atoms with van der Waals surface area (Å²) in [4.78, 5) is 45.0. The monoisotopic (exact) mass is 406 g/mol. The molecule has 30 heavy (non-hydrogen) atoms. The summed E-state index contributed by atoms with van der Waals surface area (Å²) in [5.74, 6) is -0.627. The van der Waals surface area contributed by atoms with Gasteiger partial charge in [-0.05, 0) is 43.3 Å². The molecule has 3 heterocycles. The first-order valence-electron chi connectivity index (χ1n) is 9.30. The van der Waals surface area contributed by atoms with E-state index in [4.69, 9.17) is 4.74 Å². The molecule has 1 aliphatic heterocycles. The Bertz CT molecular complexity index is 1090. The molecule has 0 saturated heterocycles. The van der Waals surface area contributed by atoms with Gasteiger partial charge in [0.05, 0.1) is 18.6 Å². The van der Waals surface area contributed by atoms with Gasteiger partial charge in [0, 0.05) is 23.6 Å². The number of amides is 2. The van der Waals surface area contributed by atoms with Crippen molar-refractivity contribution in [2.75, 3.05) is 17.2 Å². The second-order valence-electron chi connectivity index (χ2n) is 6.50. The second-order valence-corrected chi connectivity index (χ2v) is 6.50. The van der Waals surface area contributed by atoms with Crippen molar-refractivity contribution in [2.45, 2.75) is 19.4 Å². The molecule has 2 aromatic heterocycles. The predicted octanol–water partition coefficient (Wildman–Crippen LogP) is 2.04. The quantitative estimate of drug-likeness (QED) is 0.621. The maximum Gasteiger partial charge on any atom is 0.338 e. The number of carbonyl (C=O) groups is 3. The predicted molar refractivity (Wildman–Crippen MR) is 107 cm³/mol. The van der Waals surface area contributed by atoms with Gasteiger partial charge in [0.25, 0.3) is 0 Å². The lowest BCUT2D eigenvalue weighted by molar-refractivity contribution is -0.125. The lowest BCUT2D eigenvalue weighted by atomic mass is 10.1. The summed E-state index contributed by atoms with van der Waals surface area (Å²) in [6, 6.07) is 8.98. The van der Waals surface area contributed by atoms with Crippen LogP contribution >= 0.6 is 0 Å². The molecule has 0 radical (unpaired) electrons. The Labute approximate surface area is 171 Å². The Kier molecular flexibility index (Phi) is 5.21. The number of rotatable bonds is 5. The van der Waals surface area contributed by atoms with E-state index in [0.717, 1.165) is 0 Å². The number of carbonyl (C=O) groups excluding carboxylic acids is 3. The van der Waals surface area contributed by atoms with Crippen molar-refractivity contribution < 1.29 is 19.1 Å². The molecule has 152 valence electrons. The van der Waals surface area contributed by atoms with Gasteiger partial charge in [-0.3, -0.25) is 19.9 Å². The highest BCUT2D eigenvalue weighted by molar-refractivity contribution is 6.01. The summed E-state index contributed by atoms with van der Waals surface area (Å²) >= 11 is 0. The van der Waals surface area contributed by atoms with Crippen molar-refractivity contribution >= 4 is 29.4 Å². The zero-order chi connectivity index (χ0) is 21.1. The van der Waals surface area contributed by atoms with Crippen molar-refractivity contribution in [1.29, 1.82) is 0 Å². The Hall–Kier alpha value is -4.08. The van der Waals surface area contributed by atoms with E-state index in [0.29, 0.717) is 22.6 Å². The van der Waals surface area contributed by atoms with Crippen molar-refractivity contribution in [3.8, 4) is 11.4 Å². The number of hydrogen-bond acceptors (Lipinski definition) is 7. The van der Waals surface area contributed by atoms with E-state index in [2.05, 4.69) is 25.7 Å². The maximum atomic E-state index is 12.9. The van der Waals surface area contributed by atoms with Crippen LogP contribution in [0.5, 0.6) is 0 Å². The number of ether oxygens (including phenoxy) is 1. The van der Waals surface area contributed by atoms with Crippen LogP contribution in [-0.2, 0) is 14.3 Å². The molecular formula is C20H18N6O4. The second kappa shape index (κ2) is 8.11. The lowest BCUT2D eigenvalue weighted by Crippen LogP contribution is -2.36. The fourth-order valence-electron chi connectivity index (χ4n) is 3.01. The summed E-state index contributed by atoms with van der Waals surface area (Å²) in [6.07, 6.45) is 3.16. The fraction of sp³-hybridized carbons (Fsp3) is 0.200. The number of benzene rings is 1. The Morgan fingerprint density at radius 2 is 2.07 bits per heavy atom. The topological polar surface area (TPSA) is 128 Å². The number of nitrogens with one attached hydrogen (secondary N) is 2. The normalized spacial score (nSPS) is 15.1. The summed E-state index contributed by atoms with van der Waals surface area (Å²) < 4.78 is 6.33. The highest BCUT2D eigenvalue weighted by Crippen LogP contribution is 2.27. The number of anilines is 2. The summed E-state index contributed by atoms with van der Waals surface area (Å²) in [5.41, 5.74) is 1.53. The summed E-state index contributed by atoms with van der Waals surface area (Å²) in [6.45, 7) is 2.01. The van der Waals surface area contributed by atoms with Crippen LogP contribution < -0.4 is 10.6 Å². The van der Waals surface area contributed by atoms with Gasteiger partial charge < -0.3 is 10.1 Å². The third-order valence-corrected chi connectivity index (χ3v) is 4.44. The number of hydrogen-bond donors (Lipinski definition) is 2. The first-order chi connectivity index (χ1) is 14.5. The Balaban J connectivity index is 1.54. The van der Waals surface area contributed by atoms with Gasteiger partial charge in [-0.25, -0.2) is 9.48 Å². The molecule has 1 aromatic carbocycles. The van der Waals surface area contributed by atoms with Crippen molar-refractivity contribution in [1.82, 2.24) is 19.7 Å². The van der Waals surface area contributed by atoms with Crippen molar-refractivity contribution in [2.24, 2.45) is 0 Å². The lowest BCUT2D eigenvalue weighted by Gasteiger charge is -2.22. The first-order valence-corrected chi connectivity index (χ1v) is 9.30. The van der Waals surface area contributed by atoms with Crippen LogP contribution in [0.25, 0.3) is 11.4 Å². The van der Waals surface area contributed by atoms with Crippen LogP contribution in [0.4, 0.5) is 11.6 Å². The molecule has 1 aliphatic rings. The number of pyridine rings is 1. The van der Waals surface area contributed by atoms with E-state index >= 15 is 0 Å². The van der Waals surface area contributed by atoms with Crippen molar-refractivity contribution in [3.05, 3.63) is 54.4 Å². The number of fused-ring (bicyclic) bond motifs is 1. The van der Waals surface area contributed by atoms with Crippen LogP contribution in [0.3, 0.4) is 0 Å².